The first-order valence-electron chi connectivity index (χ1n) is 8.06. The van der Waals surface area contributed by atoms with Crippen molar-refractivity contribution < 1.29 is 4.79 Å². The molecule has 4 rings (SSSR count). The van der Waals surface area contributed by atoms with Crippen molar-refractivity contribution >= 4 is 22.4 Å². The van der Waals surface area contributed by atoms with Crippen molar-refractivity contribution in [2.45, 2.75) is 25.2 Å². The van der Waals surface area contributed by atoms with Crippen LogP contribution >= 0.6 is 0 Å². The number of carbonyl (C=O) groups is 1. The minimum Gasteiger partial charge on any atom is -0.384 e. The first-order chi connectivity index (χ1) is 11.2. The van der Waals surface area contributed by atoms with Crippen LogP contribution < -0.4 is 5.32 Å². The molecule has 3 nitrogen and oxygen atoms in total. The van der Waals surface area contributed by atoms with Gasteiger partial charge in [0.1, 0.15) is 5.78 Å². The molecule has 2 N–H and O–H groups in total. The van der Waals surface area contributed by atoms with Crippen LogP contribution in [0.25, 0.3) is 10.9 Å². The number of hydrogen-bond donors (Lipinski definition) is 2. The summed E-state index contributed by atoms with van der Waals surface area (Å²) in [5.41, 5.74) is 4.49. The molecule has 1 atom stereocenters. The third-order valence-corrected chi connectivity index (χ3v) is 4.90. The van der Waals surface area contributed by atoms with E-state index in [1.54, 1.807) is 0 Å². The van der Waals surface area contributed by atoms with E-state index < -0.39 is 0 Å². The Morgan fingerprint density at radius 3 is 2.83 bits per heavy atom. The largest absolute Gasteiger partial charge is 0.384 e. The molecule has 3 aromatic rings. The van der Waals surface area contributed by atoms with Crippen LogP contribution in [0.1, 0.15) is 24.5 Å². The maximum atomic E-state index is 12.7. The second-order valence-corrected chi connectivity index (χ2v) is 6.71. The number of para-hydroxylation sites is 2. The van der Waals surface area contributed by atoms with Gasteiger partial charge in [0.25, 0.3) is 0 Å². The monoisotopic (exact) mass is 304 g/mol. The van der Waals surface area contributed by atoms with E-state index in [9.17, 15) is 4.79 Å². The van der Waals surface area contributed by atoms with E-state index >= 15 is 0 Å². The highest BCUT2D eigenvalue weighted by Crippen LogP contribution is 2.39. The number of fused-ring (bicyclic) bond motifs is 2. The van der Waals surface area contributed by atoms with Crippen molar-refractivity contribution in [2.75, 3.05) is 11.9 Å². The quantitative estimate of drug-likeness (QED) is 0.763. The summed E-state index contributed by atoms with van der Waals surface area (Å²) in [6, 6.07) is 16.4. The van der Waals surface area contributed by atoms with Gasteiger partial charge in [0.2, 0.25) is 0 Å². The van der Waals surface area contributed by atoms with Gasteiger partial charge < -0.3 is 10.3 Å². The number of anilines is 1. The first kappa shape index (κ1) is 14.1. The molecule has 0 radical (unpaired) electrons. The number of rotatable bonds is 4. The summed E-state index contributed by atoms with van der Waals surface area (Å²) in [6.45, 7) is 3.00. The number of benzene rings is 2. The van der Waals surface area contributed by atoms with Crippen LogP contribution in [-0.4, -0.2) is 17.3 Å². The van der Waals surface area contributed by atoms with E-state index in [-0.39, 0.29) is 11.2 Å². The van der Waals surface area contributed by atoms with Gasteiger partial charge in [-0.2, -0.15) is 0 Å². The molecule has 116 valence electrons. The Balaban J connectivity index is 1.55. The molecule has 1 unspecified atom stereocenters. The zero-order valence-electron chi connectivity index (χ0n) is 13.2. The summed E-state index contributed by atoms with van der Waals surface area (Å²) in [6.07, 6.45) is 3.02. The number of H-pyrrole nitrogens is 1. The SMILES string of the molecule is CC1(CC(=O)Cc2c[nH]c3ccccc23)CNc2ccccc21. The minimum absolute atomic E-state index is 0.111. The topological polar surface area (TPSA) is 44.9 Å². The summed E-state index contributed by atoms with van der Waals surface area (Å²) in [7, 11) is 0. The van der Waals surface area contributed by atoms with E-state index in [0.717, 1.165) is 28.7 Å². The summed E-state index contributed by atoms with van der Waals surface area (Å²) < 4.78 is 0. The van der Waals surface area contributed by atoms with E-state index in [2.05, 4.69) is 35.4 Å². The molecule has 0 saturated heterocycles. The predicted molar refractivity (Wildman–Crippen MR) is 93.9 cm³/mol. The average molecular weight is 304 g/mol. The Bertz CT molecular complexity index is 880. The molecule has 1 aromatic heterocycles. The maximum absolute atomic E-state index is 12.7. The molecule has 2 aromatic carbocycles. The van der Waals surface area contributed by atoms with E-state index in [0.29, 0.717) is 12.8 Å². The van der Waals surface area contributed by atoms with Crippen LogP contribution in [0.3, 0.4) is 0 Å². The third-order valence-electron chi connectivity index (χ3n) is 4.90. The average Bonchev–Trinajstić information content (AvgIpc) is 3.10. The standard InChI is InChI=1S/C20H20N2O/c1-20(13-22-19-9-5-3-7-17(19)20)11-15(23)10-14-12-21-18-8-4-2-6-16(14)18/h2-9,12,21-22H,10-11,13H2,1H3. The normalized spacial score (nSPS) is 19.5. The van der Waals surface area contributed by atoms with Gasteiger partial charge in [0, 0.05) is 47.6 Å². The van der Waals surface area contributed by atoms with Gasteiger partial charge in [-0.25, -0.2) is 0 Å². The van der Waals surface area contributed by atoms with Crippen molar-refractivity contribution in [3.63, 3.8) is 0 Å². The fourth-order valence-electron chi connectivity index (χ4n) is 3.69. The van der Waals surface area contributed by atoms with E-state index in [1.165, 1.54) is 5.56 Å². The molecular weight excluding hydrogens is 284 g/mol. The van der Waals surface area contributed by atoms with Gasteiger partial charge in [-0.1, -0.05) is 43.3 Å². The van der Waals surface area contributed by atoms with Gasteiger partial charge in [0.15, 0.2) is 0 Å². The second kappa shape index (κ2) is 5.27. The lowest BCUT2D eigenvalue weighted by Crippen LogP contribution is -2.28. The van der Waals surface area contributed by atoms with Gasteiger partial charge in [-0.15, -0.1) is 0 Å². The van der Waals surface area contributed by atoms with Crippen molar-refractivity contribution in [3.8, 4) is 0 Å². The van der Waals surface area contributed by atoms with Gasteiger partial charge in [0.05, 0.1) is 0 Å². The summed E-state index contributed by atoms with van der Waals surface area (Å²) in [5.74, 6) is 0.288. The number of ketones is 1. The van der Waals surface area contributed by atoms with Gasteiger partial charge in [-0.3, -0.25) is 4.79 Å². The highest BCUT2D eigenvalue weighted by atomic mass is 16.1. The Hall–Kier alpha value is -2.55. The Morgan fingerprint density at radius 2 is 1.91 bits per heavy atom. The third kappa shape index (κ3) is 2.42. The molecule has 0 spiro atoms. The molecule has 0 saturated carbocycles. The highest BCUT2D eigenvalue weighted by molar-refractivity contribution is 5.90. The fourth-order valence-corrected chi connectivity index (χ4v) is 3.69. The number of aromatic nitrogens is 1. The lowest BCUT2D eigenvalue weighted by molar-refractivity contribution is -0.119. The van der Waals surface area contributed by atoms with Crippen LogP contribution in [0.5, 0.6) is 0 Å². The van der Waals surface area contributed by atoms with Crippen molar-refractivity contribution in [3.05, 3.63) is 65.9 Å². The molecule has 3 heteroatoms. The lowest BCUT2D eigenvalue weighted by atomic mass is 9.79. The van der Waals surface area contributed by atoms with Crippen LogP contribution in [0.2, 0.25) is 0 Å². The minimum atomic E-state index is -0.111. The number of nitrogens with one attached hydrogen (secondary N) is 2. The lowest BCUT2D eigenvalue weighted by Gasteiger charge is -2.23. The summed E-state index contributed by atoms with van der Waals surface area (Å²) >= 11 is 0. The van der Waals surface area contributed by atoms with E-state index in [1.807, 2.05) is 36.5 Å². The fraction of sp³-hybridized carbons (Fsp3) is 0.250. The molecule has 23 heavy (non-hydrogen) atoms. The van der Waals surface area contributed by atoms with Crippen LogP contribution in [0.15, 0.2) is 54.7 Å². The second-order valence-electron chi connectivity index (χ2n) is 6.71. The van der Waals surface area contributed by atoms with Gasteiger partial charge >= 0.3 is 0 Å². The van der Waals surface area contributed by atoms with Crippen LogP contribution in [-0.2, 0) is 16.6 Å². The summed E-state index contributed by atoms with van der Waals surface area (Å²) in [5, 5.41) is 4.58. The maximum Gasteiger partial charge on any atom is 0.138 e. The number of aromatic amines is 1. The molecule has 0 aliphatic carbocycles. The van der Waals surface area contributed by atoms with Crippen LogP contribution in [0.4, 0.5) is 5.69 Å². The molecule has 1 aliphatic rings. The molecular formula is C20H20N2O. The Kier molecular flexibility index (Phi) is 3.22. The number of hydrogen-bond acceptors (Lipinski definition) is 2. The van der Waals surface area contributed by atoms with Gasteiger partial charge in [-0.05, 0) is 23.3 Å². The zero-order valence-corrected chi connectivity index (χ0v) is 13.2. The zero-order chi connectivity index (χ0) is 15.9. The highest BCUT2D eigenvalue weighted by Gasteiger charge is 2.35. The molecule has 0 bridgehead atoms. The van der Waals surface area contributed by atoms with E-state index in [4.69, 9.17) is 0 Å². The molecule has 1 aliphatic heterocycles. The predicted octanol–water partition coefficient (Wildman–Crippen LogP) is 4.05. The van der Waals surface area contributed by atoms with Crippen LogP contribution in [0, 0.1) is 0 Å². The smallest absolute Gasteiger partial charge is 0.138 e. The van der Waals surface area contributed by atoms with Crippen molar-refractivity contribution in [2.24, 2.45) is 0 Å². The Morgan fingerprint density at radius 1 is 1.13 bits per heavy atom. The van der Waals surface area contributed by atoms with Crippen molar-refractivity contribution in [1.82, 2.24) is 4.98 Å². The molecule has 2 heterocycles. The number of Topliss-reactive ketones (excluding diaryl/α,β-unsaturated/α-hetero) is 1. The van der Waals surface area contributed by atoms with Crippen molar-refractivity contribution in [1.29, 1.82) is 0 Å². The summed E-state index contributed by atoms with van der Waals surface area (Å²) in [4.78, 5) is 15.9. The Labute approximate surface area is 135 Å². The molecule has 0 amide bonds. The molecule has 0 fully saturated rings. The number of carbonyl (C=O) groups excluding carboxylic acids is 1. The first-order valence-corrected chi connectivity index (χ1v) is 8.06.